The standard InChI is InChI=1S/C13H26N3OSSi/c1-13(2,3)19(5,6)14-18(17,12-7-8-12)16-10-9-15(4)11-16/h9-12H,7-8H2,1-6H3/q+1. The molecule has 0 spiro atoms. The maximum atomic E-state index is 13.4. The topological polar surface area (TPSA) is 38.2 Å². The van der Waals surface area contributed by atoms with Crippen molar-refractivity contribution in [1.82, 2.24) is 3.97 Å². The Hall–Kier alpha value is -0.623. The summed E-state index contributed by atoms with van der Waals surface area (Å²) in [5.41, 5.74) is 0. The summed E-state index contributed by atoms with van der Waals surface area (Å²) in [6.45, 7) is 11.1. The highest BCUT2D eigenvalue weighted by molar-refractivity contribution is 7.93. The van der Waals surface area contributed by atoms with Crippen LogP contribution in [0, 0.1) is 0 Å². The van der Waals surface area contributed by atoms with Crippen LogP contribution in [0.2, 0.25) is 18.1 Å². The molecule has 1 aliphatic rings. The molecule has 0 radical (unpaired) electrons. The fourth-order valence-electron chi connectivity index (χ4n) is 1.71. The van der Waals surface area contributed by atoms with Crippen molar-refractivity contribution >= 4 is 18.2 Å². The van der Waals surface area contributed by atoms with Crippen molar-refractivity contribution in [3.8, 4) is 0 Å². The van der Waals surface area contributed by atoms with Gasteiger partial charge in [0.05, 0.1) is 12.3 Å². The van der Waals surface area contributed by atoms with E-state index in [2.05, 4.69) is 33.9 Å². The van der Waals surface area contributed by atoms with Crippen LogP contribution in [-0.4, -0.2) is 21.7 Å². The summed E-state index contributed by atoms with van der Waals surface area (Å²) in [6.07, 6.45) is 7.81. The van der Waals surface area contributed by atoms with E-state index in [1.165, 1.54) is 0 Å². The minimum atomic E-state index is -2.31. The van der Waals surface area contributed by atoms with Crippen LogP contribution in [0.15, 0.2) is 22.7 Å². The van der Waals surface area contributed by atoms with Gasteiger partial charge in [0.25, 0.3) is 6.33 Å². The molecule has 1 aromatic rings. The molecule has 108 valence electrons. The smallest absolute Gasteiger partial charge is 0.243 e. The molecule has 1 saturated carbocycles. The lowest BCUT2D eigenvalue weighted by Crippen LogP contribution is -2.38. The number of hydrogen-bond acceptors (Lipinski definition) is 2. The molecule has 0 amide bonds. The second kappa shape index (κ2) is 4.45. The Morgan fingerprint density at radius 2 is 1.95 bits per heavy atom. The first kappa shape index (κ1) is 14.8. The van der Waals surface area contributed by atoms with Gasteiger partial charge in [-0.15, -0.1) is 3.97 Å². The van der Waals surface area contributed by atoms with Crippen LogP contribution < -0.4 is 4.57 Å². The van der Waals surface area contributed by atoms with Crippen molar-refractivity contribution < 1.29 is 8.78 Å². The molecule has 1 aliphatic carbocycles. The second-order valence-corrected chi connectivity index (χ2v) is 14.6. The van der Waals surface area contributed by atoms with Gasteiger partial charge in [0.1, 0.15) is 12.4 Å². The Morgan fingerprint density at radius 3 is 2.32 bits per heavy atom. The molecule has 4 nitrogen and oxygen atoms in total. The fraction of sp³-hybridized carbons (Fsp3) is 0.769. The molecule has 1 atom stereocenters. The zero-order chi connectivity index (χ0) is 14.5. The minimum absolute atomic E-state index is 0.125. The van der Waals surface area contributed by atoms with Crippen molar-refractivity contribution in [1.29, 1.82) is 0 Å². The van der Waals surface area contributed by atoms with Gasteiger partial charge in [0.15, 0.2) is 18.2 Å². The SMILES string of the molecule is C[n+]1ccn(S(=O)(=N[Si](C)(C)C(C)(C)C)C2CC2)c1. The second-order valence-electron chi connectivity index (χ2n) is 7.08. The summed E-state index contributed by atoms with van der Waals surface area (Å²) >= 11 is 0. The average Bonchev–Trinajstić information content (AvgIpc) is 2.99. The lowest BCUT2D eigenvalue weighted by Gasteiger charge is -2.32. The summed E-state index contributed by atoms with van der Waals surface area (Å²) in [5, 5.41) is 0.369. The molecule has 0 aromatic carbocycles. The summed E-state index contributed by atoms with van der Waals surface area (Å²) in [5.74, 6) is 0. The monoisotopic (exact) mass is 300 g/mol. The highest BCUT2D eigenvalue weighted by atomic mass is 32.2. The first-order chi connectivity index (χ1) is 8.56. The summed E-state index contributed by atoms with van der Waals surface area (Å²) in [6, 6.07) is 0. The van der Waals surface area contributed by atoms with Crippen LogP contribution in [0.25, 0.3) is 0 Å². The maximum absolute atomic E-state index is 13.4. The van der Waals surface area contributed by atoms with Gasteiger partial charge in [-0.1, -0.05) is 20.8 Å². The molecule has 1 heterocycles. The first-order valence-electron chi connectivity index (χ1n) is 6.87. The van der Waals surface area contributed by atoms with E-state index in [1.807, 2.05) is 34.3 Å². The van der Waals surface area contributed by atoms with Crippen LogP contribution >= 0.6 is 0 Å². The largest absolute Gasteiger partial charge is 0.257 e. The highest BCUT2D eigenvalue weighted by Gasteiger charge is 2.44. The molecule has 1 unspecified atom stereocenters. The van der Waals surface area contributed by atoms with Gasteiger partial charge in [-0.2, -0.15) is 0 Å². The Bertz CT molecular complexity index is 587. The minimum Gasteiger partial charge on any atom is -0.243 e. The molecule has 19 heavy (non-hydrogen) atoms. The van der Waals surface area contributed by atoms with E-state index in [0.29, 0.717) is 0 Å². The van der Waals surface area contributed by atoms with E-state index >= 15 is 0 Å². The van der Waals surface area contributed by atoms with E-state index in [0.717, 1.165) is 12.8 Å². The predicted molar refractivity (Wildman–Crippen MR) is 81.8 cm³/mol. The maximum Gasteiger partial charge on any atom is 0.257 e. The van der Waals surface area contributed by atoms with Crippen molar-refractivity contribution in [2.24, 2.45) is 11.1 Å². The van der Waals surface area contributed by atoms with Crippen molar-refractivity contribution in [2.45, 2.75) is 57.0 Å². The number of imidazole rings is 1. The molecule has 6 heteroatoms. The third-order valence-electron chi connectivity index (χ3n) is 4.20. The van der Waals surface area contributed by atoms with E-state index in [9.17, 15) is 4.21 Å². The highest BCUT2D eigenvalue weighted by Crippen LogP contribution is 2.40. The van der Waals surface area contributed by atoms with E-state index in [4.69, 9.17) is 4.03 Å². The van der Waals surface area contributed by atoms with Crippen LogP contribution in [0.1, 0.15) is 33.6 Å². The Labute approximate surface area is 118 Å². The Kier molecular flexibility index (Phi) is 3.46. The predicted octanol–water partition coefficient (Wildman–Crippen LogP) is 2.71. The molecular formula is C13H26N3OSSi+. The molecule has 0 bridgehead atoms. The first-order valence-corrected chi connectivity index (χ1v) is 11.4. The van der Waals surface area contributed by atoms with Gasteiger partial charge < -0.3 is 0 Å². The number of aromatic nitrogens is 2. The molecule has 0 aliphatic heterocycles. The van der Waals surface area contributed by atoms with Crippen LogP contribution in [0.4, 0.5) is 0 Å². The van der Waals surface area contributed by atoms with Crippen molar-refractivity contribution in [3.63, 3.8) is 0 Å². The third-order valence-corrected chi connectivity index (χ3v) is 12.9. The van der Waals surface area contributed by atoms with Gasteiger partial charge in [-0.05, 0) is 31.0 Å². The Balaban J connectivity index is 2.55. The quantitative estimate of drug-likeness (QED) is 0.625. The van der Waals surface area contributed by atoms with Gasteiger partial charge >= 0.3 is 0 Å². The van der Waals surface area contributed by atoms with Gasteiger partial charge in [-0.3, -0.25) is 0 Å². The number of rotatable bonds is 3. The van der Waals surface area contributed by atoms with Gasteiger partial charge in [0.2, 0.25) is 0 Å². The van der Waals surface area contributed by atoms with E-state index in [-0.39, 0.29) is 10.3 Å². The zero-order valence-corrected chi connectivity index (χ0v) is 14.7. The number of nitrogens with zero attached hydrogens (tertiary/aromatic N) is 3. The summed E-state index contributed by atoms with van der Waals surface area (Å²) < 4.78 is 22.2. The normalized spacial score (nSPS) is 20.1. The van der Waals surface area contributed by atoms with Gasteiger partial charge in [0, 0.05) is 0 Å². The summed E-state index contributed by atoms with van der Waals surface area (Å²) in [4.78, 5) is 0. The number of hydrogen-bond donors (Lipinski definition) is 0. The summed E-state index contributed by atoms with van der Waals surface area (Å²) in [7, 11) is -2.27. The Morgan fingerprint density at radius 1 is 1.37 bits per heavy atom. The van der Waals surface area contributed by atoms with Crippen molar-refractivity contribution in [3.05, 3.63) is 18.7 Å². The molecular weight excluding hydrogens is 274 g/mol. The number of aryl methyl sites for hydroxylation is 1. The van der Waals surface area contributed by atoms with E-state index < -0.39 is 18.2 Å². The van der Waals surface area contributed by atoms with Crippen LogP contribution in [0.5, 0.6) is 0 Å². The molecule has 1 fully saturated rings. The van der Waals surface area contributed by atoms with Crippen LogP contribution in [-0.2, 0) is 17.0 Å². The van der Waals surface area contributed by atoms with Crippen LogP contribution in [0.3, 0.4) is 0 Å². The van der Waals surface area contributed by atoms with Crippen molar-refractivity contribution in [2.75, 3.05) is 0 Å². The average molecular weight is 301 g/mol. The third kappa shape index (κ3) is 2.79. The molecule has 2 rings (SSSR count). The van der Waals surface area contributed by atoms with E-state index in [1.54, 1.807) is 0 Å². The lowest BCUT2D eigenvalue weighted by molar-refractivity contribution is -0.670. The fourth-order valence-corrected chi connectivity index (χ4v) is 8.01. The molecule has 0 N–H and O–H groups in total. The molecule has 1 aromatic heterocycles. The zero-order valence-electron chi connectivity index (χ0n) is 12.9. The van der Waals surface area contributed by atoms with Gasteiger partial charge in [-0.25, -0.2) is 12.8 Å². The molecule has 0 saturated heterocycles. The lowest BCUT2D eigenvalue weighted by atomic mass is 10.2.